The fourth-order valence-electron chi connectivity index (χ4n) is 2.66. The Morgan fingerprint density at radius 3 is 2.67 bits per heavy atom. The minimum atomic E-state index is 0.262. The second kappa shape index (κ2) is 5.32. The first-order valence-corrected chi connectivity index (χ1v) is 8.95. The lowest BCUT2D eigenvalue weighted by molar-refractivity contribution is 0.174. The molecule has 0 saturated heterocycles. The highest BCUT2D eigenvalue weighted by atomic mass is 79.9. The third-order valence-corrected chi connectivity index (χ3v) is 5.20. The van der Waals surface area contributed by atoms with Crippen molar-refractivity contribution in [1.82, 2.24) is 14.6 Å². The minimum Gasteiger partial charge on any atom is -0.454 e. The molecular weight excluding hydrogens is 390 g/mol. The van der Waals surface area contributed by atoms with E-state index < -0.39 is 0 Å². The number of thiazole rings is 1. The standard InChI is InChI=1S/C17H10BrN3O2S/c18-12-4-1-10(2-5-12)13-8-24-17-19-16(20-21(13)17)11-3-6-14-15(7-11)23-9-22-14/h1-8H,9H2. The highest BCUT2D eigenvalue weighted by Gasteiger charge is 2.17. The van der Waals surface area contributed by atoms with Gasteiger partial charge in [-0.2, -0.15) is 4.98 Å². The molecule has 1 aliphatic rings. The largest absolute Gasteiger partial charge is 0.454 e. The molecule has 0 radical (unpaired) electrons. The van der Waals surface area contributed by atoms with Crippen LogP contribution in [-0.4, -0.2) is 21.4 Å². The van der Waals surface area contributed by atoms with Crippen LogP contribution in [-0.2, 0) is 0 Å². The van der Waals surface area contributed by atoms with Crippen LogP contribution in [0.1, 0.15) is 0 Å². The van der Waals surface area contributed by atoms with E-state index in [9.17, 15) is 0 Å². The Hall–Kier alpha value is -2.38. The average molecular weight is 400 g/mol. The third-order valence-electron chi connectivity index (χ3n) is 3.85. The summed E-state index contributed by atoms with van der Waals surface area (Å²) in [5.74, 6) is 2.17. The van der Waals surface area contributed by atoms with Crippen LogP contribution in [0.4, 0.5) is 0 Å². The Labute approximate surface area is 149 Å². The van der Waals surface area contributed by atoms with E-state index in [1.807, 2.05) is 34.8 Å². The van der Waals surface area contributed by atoms with Crippen LogP contribution in [0.3, 0.4) is 0 Å². The van der Waals surface area contributed by atoms with Crippen molar-refractivity contribution in [2.75, 3.05) is 6.79 Å². The van der Waals surface area contributed by atoms with E-state index >= 15 is 0 Å². The van der Waals surface area contributed by atoms with Gasteiger partial charge in [-0.05, 0) is 30.3 Å². The van der Waals surface area contributed by atoms with Crippen molar-refractivity contribution >= 4 is 32.2 Å². The molecule has 0 bridgehead atoms. The van der Waals surface area contributed by atoms with Crippen LogP contribution in [0.2, 0.25) is 0 Å². The predicted molar refractivity (Wildman–Crippen MR) is 95.6 cm³/mol. The van der Waals surface area contributed by atoms with E-state index in [0.717, 1.165) is 37.8 Å². The summed E-state index contributed by atoms with van der Waals surface area (Å²) >= 11 is 5.04. The number of benzene rings is 2. The van der Waals surface area contributed by atoms with Crippen molar-refractivity contribution in [3.05, 3.63) is 52.3 Å². The quantitative estimate of drug-likeness (QED) is 0.493. The maximum absolute atomic E-state index is 5.43. The lowest BCUT2D eigenvalue weighted by Gasteiger charge is -2.00. The number of rotatable bonds is 2. The van der Waals surface area contributed by atoms with E-state index in [4.69, 9.17) is 9.47 Å². The summed E-state index contributed by atoms with van der Waals surface area (Å²) in [6, 6.07) is 13.9. The first-order valence-electron chi connectivity index (χ1n) is 7.28. The molecule has 0 N–H and O–H groups in total. The van der Waals surface area contributed by atoms with Crippen molar-refractivity contribution in [3.8, 4) is 34.1 Å². The molecule has 24 heavy (non-hydrogen) atoms. The number of hydrogen-bond donors (Lipinski definition) is 0. The van der Waals surface area contributed by atoms with Gasteiger partial charge in [-0.3, -0.25) is 0 Å². The van der Waals surface area contributed by atoms with Crippen molar-refractivity contribution in [2.45, 2.75) is 0 Å². The smallest absolute Gasteiger partial charge is 0.231 e. The van der Waals surface area contributed by atoms with Gasteiger partial charge in [-0.25, -0.2) is 4.52 Å². The van der Waals surface area contributed by atoms with E-state index in [0.29, 0.717) is 5.82 Å². The normalized spacial score (nSPS) is 12.9. The molecule has 3 heterocycles. The van der Waals surface area contributed by atoms with Gasteiger partial charge in [0.05, 0.1) is 5.69 Å². The van der Waals surface area contributed by atoms with Gasteiger partial charge in [0.15, 0.2) is 17.3 Å². The van der Waals surface area contributed by atoms with Gasteiger partial charge in [0.2, 0.25) is 11.8 Å². The second-order valence-corrected chi connectivity index (χ2v) is 7.08. The van der Waals surface area contributed by atoms with Crippen molar-refractivity contribution < 1.29 is 9.47 Å². The Kier molecular flexibility index (Phi) is 3.11. The zero-order valence-corrected chi connectivity index (χ0v) is 14.7. The van der Waals surface area contributed by atoms with E-state index in [1.165, 1.54) is 0 Å². The summed E-state index contributed by atoms with van der Waals surface area (Å²) in [4.78, 5) is 5.50. The van der Waals surface area contributed by atoms with E-state index in [-0.39, 0.29) is 6.79 Å². The lowest BCUT2D eigenvalue weighted by atomic mass is 10.2. The monoisotopic (exact) mass is 399 g/mol. The molecule has 2 aromatic carbocycles. The summed E-state index contributed by atoms with van der Waals surface area (Å²) < 4.78 is 13.7. The Morgan fingerprint density at radius 2 is 1.79 bits per heavy atom. The summed E-state index contributed by atoms with van der Waals surface area (Å²) in [7, 11) is 0. The average Bonchev–Trinajstić information content (AvgIpc) is 3.30. The number of hydrogen-bond acceptors (Lipinski definition) is 5. The fourth-order valence-corrected chi connectivity index (χ4v) is 3.75. The van der Waals surface area contributed by atoms with Crippen molar-refractivity contribution in [3.63, 3.8) is 0 Å². The number of fused-ring (bicyclic) bond motifs is 2. The Bertz CT molecular complexity index is 1060. The second-order valence-electron chi connectivity index (χ2n) is 5.33. The molecule has 1 aliphatic heterocycles. The zero-order chi connectivity index (χ0) is 16.1. The van der Waals surface area contributed by atoms with E-state index in [1.54, 1.807) is 11.3 Å². The Morgan fingerprint density at radius 1 is 1.00 bits per heavy atom. The molecule has 0 unspecified atom stereocenters. The fraction of sp³-hybridized carbons (Fsp3) is 0.0588. The van der Waals surface area contributed by atoms with Gasteiger partial charge < -0.3 is 9.47 Å². The summed E-state index contributed by atoms with van der Waals surface area (Å²) in [5.41, 5.74) is 3.05. The minimum absolute atomic E-state index is 0.262. The molecule has 5 rings (SSSR count). The van der Waals surface area contributed by atoms with Gasteiger partial charge >= 0.3 is 0 Å². The van der Waals surface area contributed by atoms with Gasteiger partial charge in [-0.15, -0.1) is 16.4 Å². The summed E-state index contributed by atoms with van der Waals surface area (Å²) in [6.07, 6.45) is 0. The van der Waals surface area contributed by atoms with Gasteiger partial charge in [0.25, 0.3) is 0 Å². The highest BCUT2D eigenvalue weighted by Crippen LogP contribution is 2.36. The zero-order valence-electron chi connectivity index (χ0n) is 12.3. The molecular formula is C17H10BrN3O2S. The highest BCUT2D eigenvalue weighted by molar-refractivity contribution is 9.10. The van der Waals surface area contributed by atoms with Gasteiger partial charge in [0.1, 0.15) is 0 Å². The molecule has 0 amide bonds. The first kappa shape index (κ1) is 14.0. The Balaban J connectivity index is 1.60. The van der Waals surface area contributed by atoms with E-state index in [2.05, 4.69) is 43.5 Å². The molecule has 0 saturated carbocycles. The number of nitrogens with zero attached hydrogens (tertiary/aromatic N) is 3. The first-order chi connectivity index (χ1) is 11.8. The lowest BCUT2D eigenvalue weighted by Crippen LogP contribution is -1.92. The molecule has 2 aromatic heterocycles. The van der Waals surface area contributed by atoms with Crippen LogP contribution in [0.15, 0.2) is 52.3 Å². The van der Waals surface area contributed by atoms with Gasteiger partial charge in [0, 0.05) is 21.0 Å². The number of halogens is 1. The molecule has 0 atom stereocenters. The summed E-state index contributed by atoms with van der Waals surface area (Å²) in [6.45, 7) is 0.262. The molecule has 0 spiro atoms. The topological polar surface area (TPSA) is 48.7 Å². The summed E-state index contributed by atoms with van der Waals surface area (Å²) in [5, 5.41) is 6.75. The molecule has 0 aliphatic carbocycles. The maximum Gasteiger partial charge on any atom is 0.231 e. The van der Waals surface area contributed by atoms with Crippen LogP contribution < -0.4 is 9.47 Å². The predicted octanol–water partition coefficient (Wildman–Crippen LogP) is 4.62. The van der Waals surface area contributed by atoms with Crippen LogP contribution >= 0.6 is 27.3 Å². The number of aromatic nitrogens is 3. The molecule has 7 heteroatoms. The molecule has 0 fully saturated rings. The van der Waals surface area contributed by atoms with Crippen molar-refractivity contribution in [2.24, 2.45) is 0 Å². The number of ether oxygens (including phenoxy) is 2. The van der Waals surface area contributed by atoms with Gasteiger partial charge in [-0.1, -0.05) is 28.1 Å². The van der Waals surface area contributed by atoms with Crippen LogP contribution in [0, 0.1) is 0 Å². The van der Waals surface area contributed by atoms with Crippen molar-refractivity contribution in [1.29, 1.82) is 0 Å². The molecule has 5 nitrogen and oxygen atoms in total. The SMILES string of the molecule is Brc1ccc(-c2csc3nc(-c4ccc5c(c4)OCO5)nn23)cc1. The maximum atomic E-state index is 5.43. The molecule has 118 valence electrons. The van der Waals surface area contributed by atoms with Crippen LogP contribution in [0.25, 0.3) is 27.6 Å². The third kappa shape index (κ3) is 2.20. The molecule has 4 aromatic rings. The van der Waals surface area contributed by atoms with Crippen LogP contribution in [0.5, 0.6) is 11.5 Å².